The monoisotopic (exact) mass is 266 g/mol. The number of alkyl halides is 1. The molecule has 0 aliphatic carbocycles. The molecule has 1 atom stereocenters. The molecule has 1 aromatic heterocycles. The number of aryl methyl sites for hydroxylation is 1. The van der Waals surface area contributed by atoms with E-state index in [9.17, 15) is 0 Å². The lowest BCUT2D eigenvalue weighted by molar-refractivity contribution is 0.0704. The smallest absolute Gasteiger partial charge is 0.260 e. The molecule has 0 radical (unpaired) electrons. The lowest BCUT2D eigenvalue weighted by Gasteiger charge is -2.23. The van der Waals surface area contributed by atoms with Crippen molar-refractivity contribution in [1.82, 2.24) is 10.2 Å². The Morgan fingerprint density at radius 2 is 2.06 bits per heavy atom. The molecule has 0 amide bonds. The van der Waals surface area contributed by atoms with Crippen molar-refractivity contribution in [2.24, 2.45) is 0 Å². The van der Waals surface area contributed by atoms with E-state index < -0.39 is 0 Å². The number of halogens is 1. The SMILES string of the molecule is ClCCc1nnc(C2COc3ccccc3O2)o1. The number of benzene rings is 1. The van der Waals surface area contributed by atoms with Crippen molar-refractivity contribution in [2.45, 2.75) is 12.5 Å². The van der Waals surface area contributed by atoms with Crippen molar-refractivity contribution < 1.29 is 13.9 Å². The second-order valence-corrected chi connectivity index (χ2v) is 4.22. The third-order valence-electron chi connectivity index (χ3n) is 2.57. The average Bonchev–Trinajstić information content (AvgIpc) is 2.87. The fourth-order valence-electron chi connectivity index (χ4n) is 1.72. The summed E-state index contributed by atoms with van der Waals surface area (Å²) in [5, 5.41) is 7.85. The van der Waals surface area contributed by atoms with Gasteiger partial charge < -0.3 is 13.9 Å². The molecule has 1 aromatic carbocycles. The number of hydrogen-bond acceptors (Lipinski definition) is 5. The van der Waals surface area contributed by atoms with Crippen LogP contribution in [0.15, 0.2) is 28.7 Å². The van der Waals surface area contributed by atoms with Crippen molar-refractivity contribution in [3.63, 3.8) is 0 Å². The Morgan fingerprint density at radius 1 is 1.22 bits per heavy atom. The van der Waals surface area contributed by atoms with Crippen LogP contribution in [0.3, 0.4) is 0 Å². The van der Waals surface area contributed by atoms with E-state index in [1.165, 1.54) is 0 Å². The van der Waals surface area contributed by atoms with Crippen LogP contribution in [0.4, 0.5) is 0 Å². The minimum Gasteiger partial charge on any atom is -0.485 e. The first-order chi connectivity index (χ1) is 8.86. The van der Waals surface area contributed by atoms with Gasteiger partial charge in [-0.2, -0.15) is 0 Å². The highest BCUT2D eigenvalue weighted by Gasteiger charge is 2.26. The molecule has 1 aliphatic heterocycles. The van der Waals surface area contributed by atoms with Crippen LogP contribution < -0.4 is 9.47 Å². The van der Waals surface area contributed by atoms with Crippen LogP contribution in [0.2, 0.25) is 0 Å². The minimum atomic E-state index is -0.364. The highest BCUT2D eigenvalue weighted by molar-refractivity contribution is 6.17. The largest absolute Gasteiger partial charge is 0.485 e. The van der Waals surface area contributed by atoms with Crippen LogP contribution in [0, 0.1) is 0 Å². The van der Waals surface area contributed by atoms with E-state index in [4.69, 9.17) is 25.5 Å². The highest BCUT2D eigenvalue weighted by atomic mass is 35.5. The van der Waals surface area contributed by atoms with Crippen molar-refractivity contribution in [3.8, 4) is 11.5 Å². The number of aromatic nitrogens is 2. The van der Waals surface area contributed by atoms with Gasteiger partial charge in [0, 0.05) is 12.3 Å². The molecule has 5 nitrogen and oxygen atoms in total. The molecular weight excluding hydrogens is 256 g/mol. The first kappa shape index (κ1) is 11.3. The van der Waals surface area contributed by atoms with Gasteiger partial charge in [0.25, 0.3) is 5.89 Å². The maximum atomic E-state index is 5.76. The lowest BCUT2D eigenvalue weighted by atomic mass is 10.2. The molecule has 6 heteroatoms. The van der Waals surface area contributed by atoms with Gasteiger partial charge in [-0.3, -0.25) is 0 Å². The standard InChI is InChI=1S/C12H11ClN2O3/c13-6-5-11-14-15-12(18-11)10-7-16-8-3-1-2-4-9(8)17-10/h1-4,10H,5-7H2. The fraction of sp³-hybridized carbons (Fsp3) is 0.333. The second kappa shape index (κ2) is 4.86. The first-order valence-corrected chi connectivity index (χ1v) is 6.17. The molecule has 0 fully saturated rings. The summed E-state index contributed by atoms with van der Waals surface area (Å²) in [6.45, 7) is 0.361. The van der Waals surface area contributed by atoms with E-state index in [2.05, 4.69) is 10.2 Å². The van der Waals surface area contributed by atoms with Gasteiger partial charge in [-0.05, 0) is 12.1 Å². The Hall–Kier alpha value is -1.75. The molecule has 0 saturated heterocycles. The van der Waals surface area contributed by atoms with Gasteiger partial charge in [-0.15, -0.1) is 21.8 Å². The first-order valence-electron chi connectivity index (χ1n) is 5.63. The van der Waals surface area contributed by atoms with Crippen LogP contribution in [-0.4, -0.2) is 22.7 Å². The Kier molecular flexibility index (Phi) is 3.06. The van der Waals surface area contributed by atoms with Crippen LogP contribution in [0.1, 0.15) is 17.9 Å². The Morgan fingerprint density at radius 3 is 2.89 bits per heavy atom. The summed E-state index contributed by atoms with van der Waals surface area (Å²) >= 11 is 5.61. The zero-order valence-corrected chi connectivity index (χ0v) is 10.3. The summed E-state index contributed by atoms with van der Waals surface area (Å²) < 4.78 is 16.8. The summed E-state index contributed by atoms with van der Waals surface area (Å²) in [5.74, 6) is 2.80. The minimum absolute atomic E-state index is 0.361. The maximum Gasteiger partial charge on any atom is 0.260 e. The number of ether oxygens (including phenoxy) is 2. The normalized spacial score (nSPS) is 17.7. The van der Waals surface area contributed by atoms with E-state index in [0.717, 1.165) is 5.75 Å². The summed E-state index contributed by atoms with van der Waals surface area (Å²) in [7, 11) is 0. The number of fused-ring (bicyclic) bond motifs is 1. The Balaban J connectivity index is 1.78. The predicted molar refractivity (Wildman–Crippen MR) is 64.0 cm³/mol. The molecule has 18 heavy (non-hydrogen) atoms. The molecule has 0 bridgehead atoms. The molecule has 0 spiro atoms. The van der Waals surface area contributed by atoms with E-state index in [1.807, 2.05) is 24.3 Å². The second-order valence-electron chi connectivity index (χ2n) is 3.84. The number of para-hydroxylation sites is 2. The molecule has 0 saturated carbocycles. The number of hydrogen-bond donors (Lipinski definition) is 0. The zero-order chi connectivity index (χ0) is 12.4. The Bertz CT molecular complexity index is 544. The fourth-order valence-corrected chi connectivity index (χ4v) is 1.88. The third kappa shape index (κ3) is 2.13. The molecule has 2 heterocycles. The van der Waals surface area contributed by atoms with Gasteiger partial charge in [0.05, 0.1) is 0 Å². The Labute approximate surface area is 109 Å². The topological polar surface area (TPSA) is 57.4 Å². The highest BCUT2D eigenvalue weighted by Crippen LogP contribution is 2.35. The molecule has 1 aliphatic rings. The van der Waals surface area contributed by atoms with Crippen molar-refractivity contribution >= 4 is 11.6 Å². The third-order valence-corrected chi connectivity index (χ3v) is 2.76. The number of nitrogens with zero attached hydrogens (tertiary/aromatic N) is 2. The molecular formula is C12H11ClN2O3. The lowest BCUT2D eigenvalue weighted by Crippen LogP contribution is -2.21. The molecule has 3 rings (SSSR count). The summed E-state index contributed by atoms with van der Waals surface area (Å²) in [4.78, 5) is 0. The van der Waals surface area contributed by atoms with Crippen LogP contribution in [0.5, 0.6) is 11.5 Å². The van der Waals surface area contributed by atoms with Gasteiger partial charge in [-0.25, -0.2) is 0 Å². The van der Waals surface area contributed by atoms with Crippen molar-refractivity contribution in [1.29, 1.82) is 0 Å². The van der Waals surface area contributed by atoms with Gasteiger partial charge in [-0.1, -0.05) is 12.1 Å². The molecule has 0 N–H and O–H groups in total. The number of rotatable bonds is 3. The van der Waals surface area contributed by atoms with Crippen molar-refractivity contribution in [2.75, 3.05) is 12.5 Å². The van der Waals surface area contributed by atoms with Gasteiger partial charge >= 0.3 is 0 Å². The molecule has 1 unspecified atom stereocenters. The van der Waals surface area contributed by atoms with Gasteiger partial charge in [0.2, 0.25) is 12.0 Å². The summed E-state index contributed by atoms with van der Waals surface area (Å²) in [6, 6.07) is 7.49. The average molecular weight is 267 g/mol. The molecule has 94 valence electrons. The molecule has 2 aromatic rings. The van der Waals surface area contributed by atoms with Gasteiger partial charge in [0.15, 0.2) is 11.5 Å². The quantitative estimate of drug-likeness (QED) is 0.798. The predicted octanol–water partition coefficient (Wildman–Crippen LogP) is 2.36. The van der Waals surface area contributed by atoms with Gasteiger partial charge in [0.1, 0.15) is 6.61 Å². The van der Waals surface area contributed by atoms with E-state index >= 15 is 0 Å². The van der Waals surface area contributed by atoms with E-state index in [1.54, 1.807) is 0 Å². The maximum absolute atomic E-state index is 5.76. The van der Waals surface area contributed by atoms with E-state index in [0.29, 0.717) is 36.4 Å². The summed E-state index contributed by atoms with van der Waals surface area (Å²) in [6.07, 6.45) is 0.190. The zero-order valence-electron chi connectivity index (χ0n) is 9.51. The van der Waals surface area contributed by atoms with Crippen molar-refractivity contribution in [3.05, 3.63) is 36.0 Å². The van der Waals surface area contributed by atoms with E-state index in [-0.39, 0.29) is 6.10 Å². The van der Waals surface area contributed by atoms with Crippen LogP contribution in [0.25, 0.3) is 0 Å². The summed E-state index contributed by atoms with van der Waals surface area (Å²) in [5.41, 5.74) is 0. The van der Waals surface area contributed by atoms with Crippen LogP contribution >= 0.6 is 11.6 Å². The van der Waals surface area contributed by atoms with Crippen LogP contribution in [-0.2, 0) is 6.42 Å².